The van der Waals surface area contributed by atoms with Crippen molar-refractivity contribution >= 4 is 12.3 Å². The zero-order valence-electron chi connectivity index (χ0n) is 3.88. The van der Waals surface area contributed by atoms with Crippen LogP contribution in [0.5, 0.6) is 0 Å². The van der Waals surface area contributed by atoms with Crippen LogP contribution < -0.4 is 0 Å². The Morgan fingerprint density at radius 1 is 1.86 bits per heavy atom. The first-order chi connectivity index (χ1) is 3.39. The lowest BCUT2D eigenvalue weighted by Gasteiger charge is -1.92. The zero-order chi connectivity index (χ0) is 5.11. The molecule has 0 saturated carbocycles. The average Bonchev–Trinajstić information content (AvgIpc) is 1.69. The fourth-order valence-electron chi connectivity index (χ4n) is 0.252. The Kier molecular flexibility index (Phi) is 0.922. The molecule has 1 aliphatic heterocycles. The van der Waals surface area contributed by atoms with E-state index in [9.17, 15) is 0 Å². The molecule has 0 aromatic heterocycles. The van der Waals surface area contributed by atoms with Gasteiger partial charge in [0, 0.05) is 6.92 Å². The lowest BCUT2D eigenvalue weighted by Crippen LogP contribution is -1.87. The molecule has 0 aliphatic carbocycles. The maximum atomic E-state index is 4.70. The molecule has 0 aromatic carbocycles. The van der Waals surface area contributed by atoms with Gasteiger partial charge in [-0.2, -0.15) is 0 Å². The largest absolute Gasteiger partial charge is 0.439 e. The van der Waals surface area contributed by atoms with Crippen LogP contribution >= 0.6 is 0 Å². The molecule has 3 heteroatoms. The van der Waals surface area contributed by atoms with Crippen molar-refractivity contribution in [3.05, 3.63) is 5.76 Å². The first-order valence-corrected chi connectivity index (χ1v) is 1.87. The van der Waals surface area contributed by atoms with E-state index >= 15 is 0 Å². The monoisotopic (exact) mass is 96.0 g/mol. The van der Waals surface area contributed by atoms with Gasteiger partial charge in [0.1, 0.15) is 0 Å². The van der Waals surface area contributed by atoms with Crippen LogP contribution in [0, 0.1) is 0 Å². The third-order valence-corrected chi connectivity index (χ3v) is 0.542. The number of nitrogens with zero attached hydrogens (tertiary/aromatic N) is 2. The van der Waals surface area contributed by atoms with Crippen LogP contribution in [0.4, 0.5) is 0 Å². The fraction of sp³-hybridized carbons (Fsp3) is 0.250. The van der Waals surface area contributed by atoms with E-state index in [1.54, 1.807) is 6.92 Å². The second-order valence-electron chi connectivity index (χ2n) is 1.11. The van der Waals surface area contributed by atoms with Crippen molar-refractivity contribution in [2.45, 2.75) is 6.92 Å². The Morgan fingerprint density at radius 3 is 3.00 bits per heavy atom. The molecule has 0 spiro atoms. The van der Waals surface area contributed by atoms with Crippen molar-refractivity contribution in [2.24, 2.45) is 10.2 Å². The standard InChI is InChI=1S/C4H4N2O/c1-4-2-5-6-3-7-4/h3H,1H3. The molecule has 36 valence electrons. The molecule has 3 nitrogen and oxygen atoms in total. The zero-order valence-corrected chi connectivity index (χ0v) is 3.88. The molecule has 7 heavy (non-hydrogen) atoms. The third kappa shape index (κ3) is 0.876. The Labute approximate surface area is 41.0 Å². The lowest BCUT2D eigenvalue weighted by molar-refractivity contribution is 0.439. The highest BCUT2D eigenvalue weighted by molar-refractivity contribution is 5.63. The van der Waals surface area contributed by atoms with Crippen LogP contribution in [0.15, 0.2) is 16.0 Å². The van der Waals surface area contributed by atoms with Crippen LogP contribution in [0.3, 0.4) is 0 Å². The third-order valence-electron chi connectivity index (χ3n) is 0.542. The summed E-state index contributed by atoms with van der Waals surface area (Å²) < 4.78 is 4.70. The topological polar surface area (TPSA) is 34.0 Å². The summed E-state index contributed by atoms with van der Waals surface area (Å²) in [4.78, 5) is 0. The van der Waals surface area contributed by atoms with E-state index in [2.05, 4.69) is 16.1 Å². The summed E-state index contributed by atoms with van der Waals surface area (Å²) in [5.41, 5.74) is 0. The molecule has 0 bridgehead atoms. The van der Waals surface area contributed by atoms with Crippen LogP contribution in [-0.4, -0.2) is 12.3 Å². The van der Waals surface area contributed by atoms with E-state index in [-0.39, 0.29) is 0 Å². The highest BCUT2D eigenvalue weighted by Crippen LogP contribution is 1.88. The van der Waals surface area contributed by atoms with Crippen molar-refractivity contribution in [2.75, 3.05) is 0 Å². The number of rotatable bonds is 0. The van der Waals surface area contributed by atoms with Gasteiger partial charge in [0.2, 0.25) is 6.40 Å². The number of ether oxygens (including phenoxy) is 1. The second kappa shape index (κ2) is 1.58. The fourth-order valence-corrected chi connectivity index (χ4v) is 0.252. The highest BCUT2D eigenvalue weighted by atomic mass is 16.5. The van der Waals surface area contributed by atoms with Gasteiger partial charge in [-0.1, -0.05) is 5.10 Å². The minimum Gasteiger partial charge on any atom is -0.439 e. The first-order valence-electron chi connectivity index (χ1n) is 1.87. The summed E-state index contributed by atoms with van der Waals surface area (Å²) >= 11 is 0. The molecular weight excluding hydrogens is 92.1 g/mol. The van der Waals surface area contributed by atoms with Gasteiger partial charge in [-0.3, -0.25) is 0 Å². The van der Waals surface area contributed by atoms with Crippen LogP contribution in [0.2, 0.25) is 0 Å². The Bertz CT molecular complexity index is 153. The normalized spacial score (nSPS) is 15.9. The van der Waals surface area contributed by atoms with Crippen molar-refractivity contribution in [1.29, 1.82) is 0 Å². The van der Waals surface area contributed by atoms with E-state index in [0.717, 1.165) is 0 Å². The van der Waals surface area contributed by atoms with E-state index in [1.807, 2.05) is 0 Å². The van der Waals surface area contributed by atoms with Gasteiger partial charge in [-0.25, -0.2) is 0 Å². The van der Waals surface area contributed by atoms with Gasteiger partial charge in [0.15, 0.2) is 5.76 Å². The quantitative estimate of drug-likeness (QED) is 0.433. The average molecular weight is 96.1 g/mol. The van der Waals surface area contributed by atoms with Gasteiger partial charge in [-0.15, -0.1) is 5.10 Å². The van der Waals surface area contributed by atoms with E-state index in [4.69, 9.17) is 4.74 Å². The molecule has 0 saturated heterocycles. The first kappa shape index (κ1) is 4.09. The van der Waals surface area contributed by atoms with Crippen molar-refractivity contribution in [3.63, 3.8) is 0 Å². The summed E-state index contributed by atoms with van der Waals surface area (Å²) in [6.07, 6.45) is 1.27. The minimum atomic E-state index is 0.648. The number of allylic oxidation sites excluding steroid dienone is 1. The van der Waals surface area contributed by atoms with Gasteiger partial charge < -0.3 is 4.74 Å². The van der Waals surface area contributed by atoms with Gasteiger partial charge in [0.25, 0.3) is 0 Å². The molecular formula is C4H4N2O. The molecule has 1 aliphatic rings. The molecule has 0 N–H and O–H groups in total. The van der Waals surface area contributed by atoms with Crippen LogP contribution in [0.25, 0.3) is 0 Å². The predicted octanol–water partition coefficient (Wildman–Crippen LogP) is 0.533. The predicted molar refractivity (Wildman–Crippen MR) is 26.2 cm³/mol. The minimum absolute atomic E-state index is 0.648. The highest BCUT2D eigenvalue weighted by Gasteiger charge is 1.84. The molecule has 0 unspecified atom stereocenters. The Hall–Kier alpha value is -1.08. The summed E-state index contributed by atoms with van der Waals surface area (Å²) in [6, 6.07) is 0. The lowest BCUT2D eigenvalue weighted by atomic mass is 10.6. The van der Waals surface area contributed by atoms with Gasteiger partial charge >= 0.3 is 0 Å². The molecule has 0 radical (unpaired) electrons. The molecule has 0 fully saturated rings. The second-order valence-corrected chi connectivity index (χ2v) is 1.11. The summed E-state index contributed by atoms with van der Waals surface area (Å²) in [6.45, 7) is 1.76. The Morgan fingerprint density at radius 2 is 2.71 bits per heavy atom. The van der Waals surface area contributed by atoms with Crippen molar-refractivity contribution in [3.8, 4) is 0 Å². The van der Waals surface area contributed by atoms with Crippen LogP contribution in [-0.2, 0) is 4.74 Å². The van der Waals surface area contributed by atoms with Crippen molar-refractivity contribution < 1.29 is 4.74 Å². The smallest absolute Gasteiger partial charge is 0.203 e. The van der Waals surface area contributed by atoms with E-state index in [1.165, 1.54) is 6.40 Å². The van der Waals surface area contributed by atoms with E-state index in [0.29, 0.717) is 5.76 Å². The SMILES string of the molecule is CC1=C=NN=CO1. The maximum absolute atomic E-state index is 4.70. The van der Waals surface area contributed by atoms with E-state index < -0.39 is 0 Å². The summed E-state index contributed by atoms with van der Waals surface area (Å²) in [7, 11) is 0. The number of hydrogen-bond acceptors (Lipinski definition) is 3. The van der Waals surface area contributed by atoms with Crippen LogP contribution in [0.1, 0.15) is 6.92 Å². The Balaban J connectivity index is 2.84. The molecule has 0 aromatic rings. The van der Waals surface area contributed by atoms with Gasteiger partial charge in [-0.05, 0) is 0 Å². The van der Waals surface area contributed by atoms with Crippen molar-refractivity contribution in [1.82, 2.24) is 0 Å². The molecule has 1 heterocycles. The number of hydrogen-bond donors (Lipinski definition) is 0. The summed E-state index contributed by atoms with van der Waals surface area (Å²) in [5, 5.41) is 6.79. The molecule has 1 rings (SSSR count). The summed E-state index contributed by atoms with van der Waals surface area (Å²) in [5.74, 6) is 3.15. The van der Waals surface area contributed by atoms with Gasteiger partial charge in [0.05, 0.1) is 5.87 Å². The molecule has 0 atom stereocenters. The maximum Gasteiger partial charge on any atom is 0.203 e. The molecule has 0 amide bonds.